The number of halogens is 4. The van der Waals surface area contributed by atoms with E-state index in [4.69, 9.17) is 10.5 Å². The monoisotopic (exact) mass is 560 g/mol. The van der Waals surface area contributed by atoms with Crippen LogP contribution in [0.15, 0.2) is 48.9 Å². The minimum absolute atomic E-state index is 0.0393. The summed E-state index contributed by atoms with van der Waals surface area (Å²) in [7, 11) is 1.28. The third-order valence-corrected chi connectivity index (χ3v) is 6.94. The predicted octanol–water partition coefficient (Wildman–Crippen LogP) is 3.24. The number of likely N-dealkylation sites (tertiary alicyclic amines) is 1. The average molecular weight is 561 g/mol. The van der Waals surface area contributed by atoms with Gasteiger partial charge in [0, 0.05) is 18.3 Å². The maximum absolute atomic E-state index is 13.8. The van der Waals surface area contributed by atoms with Crippen molar-refractivity contribution in [1.29, 1.82) is 0 Å². The number of pyridine rings is 1. The van der Waals surface area contributed by atoms with Crippen molar-refractivity contribution in [2.24, 2.45) is 0 Å². The Morgan fingerprint density at radius 1 is 1.20 bits per heavy atom. The van der Waals surface area contributed by atoms with Gasteiger partial charge in [0.05, 0.1) is 24.9 Å². The molecule has 4 heterocycles. The number of aliphatic hydroxyl groups excluding tert-OH is 1. The van der Waals surface area contributed by atoms with Crippen LogP contribution in [0.25, 0.3) is 16.8 Å². The summed E-state index contributed by atoms with van der Waals surface area (Å²) in [6, 6.07) is 7.17. The number of carbonyl (C=O) groups is 1. The van der Waals surface area contributed by atoms with Gasteiger partial charge in [-0.1, -0.05) is 12.1 Å². The van der Waals surface area contributed by atoms with Crippen LogP contribution in [0.1, 0.15) is 40.4 Å². The van der Waals surface area contributed by atoms with Gasteiger partial charge in [0.25, 0.3) is 5.91 Å². The highest BCUT2D eigenvalue weighted by molar-refractivity contribution is 5.97. The van der Waals surface area contributed by atoms with Crippen LogP contribution in [0.3, 0.4) is 0 Å². The van der Waals surface area contributed by atoms with Crippen molar-refractivity contribution in [1.82, 2.24) is 24.5 Å². The maximum atomic E-state index is 13.8. The molecule has 2 unspecified atom stereocenters. The summed E-state index contributed by atoms with van der Waals surface area (Å²) in [5.74, 6) is -1.59. The molecule has 1 aliphatic heterocycles. The van der Waals surface area contributed by atoms with Crippen LogP contribution in [0.2, 0.25) is 0 Å². The Hall–Kier alpha value is -4.30. The topological polar surface area (TPSA) is 139 Å². The second-order valence-corrected chi connectivity index (χ2v) is 9.52. The van der Waals surface area contributed by atoms with Crippen molar-refractivity contribution in [3.8, 4) is 17.1 Å². The van der Waals surface area contributed by atoms with E-state index in [1.165, 1.54) is 36.4 Å². The van der Waals surface area contributed by atoms with Crippen molar-refractivity contribution in [3.05, 3.63) is 71.4 Å². The third kappa shape index (κ3) is 4.79. The highest BCUT2D eigenvalue weighted by Crippen LogP contribution is 2.39. The number of nitrogen functional groups attached to an aromatic ring is 1. The molecule has 14 heteroatoms. The van der Waals surface area contributed by atoms with Gasteiger partial charge in [0.1, 0.15) is 34.9 Å². The van der Waals surface area contributed by atoms with Crippen LogP contribution >= 0.6 is 0 Å². The number of piperidine rings is 1. The molecule has 0 radical (unpaired) electrons. The molecular formula is C26H24F4N6O4. The standard InChI is InChI=1S/C26H24F4N6O4/c1-40-23-17(24(38)35-8-2-7-25(39,12-35)21(37)14-3-5-16(27)6-4-14)9-15(11-32-23)19-10-18(26(28,29)30)20-22(31)33-13-34-36(19)20/h3-6,9-11,13,21,37,39H,2,7-8,12H2,1H3,(H2,31,33,34). The lowest BCUT2D eigenvalue weighted by Gasteiger charge is -2.42. The lowest BCUT2D eigenvalue weighted by Crippen LogP contribution is -2.53. The highest BCUT2D eigenvalue weighted by atomic mass is 19.4. The number of alkyl halides is 3. The molecule has 2 atom stereocenters. The summed E-state index contributed by atoms with van der Waals surface area (Å²) in [6.07, 6.45) is -3.42. The Bertz CT molecular complexity index is 1580. The summed E-state index contributed by atoms with van der Waals surface area (Å²) in [5.41, 5.74) is 2.78. The molecule has 0 bridgehead atoms. The highest BCUT2D eigenvalue weighted by Gasteiger charge is 2.43. The van der Waals surface area contributed by atoms with Gasteiger partial charge in [-0.05, 0) is 42.7 Å². The van der Waals surface area contributed by atoms with E-state index in [9.17, 15) is 32.6 Å². The number of nitrogens with zero attached hydrogens (tertiary/aromatic N) is 5. The largest absolute Gasteiger partial charge is 0.480 e. The molecule has 0 saturated carbocycles. The van der Waals surface area contributed by atoms with E-state index < -0.39 is 40.7 Å². The third-order valence-electron chi connectivity index (χ3n) is 6.94. The van der Waals surface area contributed by atoms with E-state index in [1.807, 2.05) is 0 Å². The first-order valence-electron chi connectivity index (χ1n) is 12.1. The fraction of sp³-hybridized carbons (Fsp3) is 0.308. The van der Waals surface area contributed by atoms with Gasteiger partial charge in [-0.3, -0.25) is 4.79 Å². The molecule has 40 heavy (non-hydrogen) atoms. The number of fused-ring (bicyclic) bond motifs is 1. The molecule has 4 N–H and O–H groups in total. The first-order chi connectivity index (χ1) is 18.9. The van der Waals surface area contributed by atoms with Crippen LogP contribution in [0.5, 0.6) is 5.88 Å². The fourth-order valence-corrected chi connectivity index (χ4v) is 4.98. The Morgan fingerprint density at radius 2 is 1.93 bits per heavy atom. The molecule has 0 aliphatic carbocycles. The van der Waals surface area contributed by atoms with Crippen LogP contribution in [-0.2, 0) is 6.18 Å². The van der Waals surface area contributed by atoms with Crippen molar-refractivity contribution >= 4 is 17.2 Å². The van der Waals surface area contributed by atoms with Crippen molar-refractivity contribution in [2.45, 2.75) is 30.7 Å². The van der Waals surface area contributed by atoms with Crippen LogP contribution < -0.4 is 10.5 Å². The summed E-state index contributed by atoms with van der Waals surface area (Å²) in [6.45, 7) is -0.0471. The van der Waals surface area contributed by atoms with Crippen LogP contribution in [0, 0.1) is 5.82 Å². The lowest BCUT2D eigenvalue weighted by molar-refractivity contribution is -0.136. The quantitative estimate of drug-likeness (QED) is 0.316. The Balaban J connectivity index is 1.51. The number of hydrogen-bond donors (Lipinski definition) is 3. The number of amides is 1. The number of benzene rings is 1. The maximum Gasteiger partial charge on any atom is 0.418 e. The molecule has 5 rings (SSSR count). The zero-order chi connectivity index (χ0) is 28.8. The van der Waals surface area contributed by atoms with E-state index in [-0.39, 0.29) is 53.6 Å². The minimum atomic E-state index is -4.76. The molecule has 3 aromatic heterocycles. The van der Waals surface area contributed by atoms with E-state index in [1.54, 1.807) is 0 Å². The molecule has 1 amide bonds. The van der Waals surface area contributed by atoms with Gasteiger partial charge in [-0.2, -0.15) is 18.3 Å². The zero-order valence-electron chi connectivity index (χ0n) is 21.1. The number of methoxy groups -OCH3 is 1. The summed E-state index contributed by atoms with van der Waals surface area (Å²) < 4.78 is 61.0. The lowest BCUT2D eigenvalue weighted by atomic mass is 9.83. The molecule has 210 valence electrons. The number of aliphatic hydroxyl groups is 2. The SMILES string of the molecule is COc1ncc(-c2cc(C(F)(F)F)c3c(N)ncnn23)cc1C(=O)N1CCCC(O)(C(O)c2ccc(F)cc2)C1. The summed E-state index contributed by atoms with van der Waals surface area (Å²) in [4.78, 5) is 22.8. The second kappa shape index (κ2) is 10.0. The van der Waals surface area contributed by atoms with Crippen molar-refractivity contribution in [2.75, 3.05) is 25.9 Å². The average Bonchev–Trinajstić information content (AvgIpc) is 3.34. The predicted molar refractivity (Wildman–Crippen MR) is 134 cm³/mol. The number of carbonyl (C=O) groups excluding carboxylic acids is 1. The smallest absolute Gasteiger partial charge is 0.418 e. The molecule has 1 aliphatic rings. The molecule has 1 aromatic carbocycles. The zero-order valence-corrected chi connectivity index (χ0v) is 21.1. The first kappa shape index (κ1) is 27.3. The number of anilines is 1. The number of rotatable bonds is 5. The number of ether oxygens (including phenoxy) is 1. The van der Waals surface area contributed by atoms with Gasteiger partial charge >= 0.3 is 6.18 Å². The number of nitrogens with two attached hydrogens (primary N) is 1. The Morgan fingerprint density at radius 3 is 2.60 bits per heavy atom. The van der Waals surface area contributed by atoms with Gasteiger partial charge in [-0.25, -0.2) is 18.9 Å². The number of aromatic nitrogens is 4. The van der Waals surface area contributed by atoms with Gasteiger partial charge in [0.2, 0.25) is 5.88 Å². The Labute approximate surface area is 224 Å². The minimum Gasteiger partial charge on any atom is -0.480 e. The molecule has 1 saturated heterocycles. The second-order valence-electron chi connectivity index (χ2n) is 9.52. The van der Waals surface area contributed by atoms with Gasteiger partial charge in [0.15, 0.2) is 5.82 Å². The van der Waals surface area contributed by atoms with E-state index in [2.05, 4.69) is 15.1 Å². The van der Waals surface area contributed by atoms with Gasteiger partial charge in [-0.15, -0.1) is 0 Å². The molecule has 0 spiro atoms. The molecular weight excluding hydrogens is 536 g/mol. The fourth-order valence-electron chi connectivity index (χ4n) is 4.98. The normalized spacial score (nSPS) is 18.6. The molecule has 4 aromatic rings. The Kier molecular flexibility index (Phi) is 6.84. The molecule has 10 nitrogen and oxygen atoms in total. The number of β-amino-alcohol motifs (C(OH)–C–C–N with tert-alkyl or cyclic N) is 1. The van der Waals surface area contributed by atoms with E-state index >= 15 is 0 Å². The number of hydrogen-bond acceptors (Lipinski definition) is 8. The first-order valence-corrected chi connectivity index (χ1v) is 12.1. The van der Waals surface area contributed by atoms with E-state index in [0.29, 0.717) is 6.42 Å². The summed E-state index contributed by atoms with van der Waals surface area (Å²) >= 11 is 0. The van der Waals surface area contributed by atoms with E-state index in [0.717, 1.165) is 29.0 Å². The van der Waals surface area contributed by atoms with Crippen LogP contribution in [0.4, 0.5) is 23.4 Å². The molecule has 1 fully saturated rings. The van der Waals surface area contributed by atoms with Crippen molar-refractivity contribution < 1.29 is 37.3 Å². The van der Waals surface area contributed by atoms with Crippen molar-refractivity contribution in [3.63, 3.8) is 0 Å². The van der Waals surface area contributed by atoms with Crippen LogP contribution in [-0.4, -0.2) is 66.4 Å². The summed E-state index contributed by atoms with van der Waals surface area (Å²) in [5, 5.41) is 26.1. The van der Waals surface area contributed by atoms with Gasteiger partial charge < -0.3 is 25.6 Å².